The maximum Gasteiger partial charge on any atom is 0.0702 e. The number of hydrogen-bond acceptors (Lipinski definition) is 2. The summed E-state index contributed by atoms with van der Waals surface area (Å²) >= 11 is 0. The molecule has 0 aromatic heterocycles. The van der Waals surface area contributed by atoms with Gasteiger partial charge in [0.2, 0.25) is 0 Å². The van der Waals surface area contributed by atoms with Gasteiger partial charge in [-0.05, 0) is 38.6 Å². The summed E-state index contributed by atoms with van der Waals surface area (Å²) in [6, 6.07) is 0.546. The van der Waals surface area contributed by atoms with Crippen molar-refractivity contribution in [3.05, 3.63) is 0 Å². The van der Waals surface area contributed by atoms with Crippen molar-refractivity contribution in [2.45, 2.75) is 71.9 Å². The molecule has 2 heteroatoms. The number of rotatable bonds is 7. The van der Waals surface area contributed by atoms with Crippen LogP contribution in [0.15, 0.2) is 0 Å². The molecule has 0 amide bonds. The van der Waals surface area contributed by atoms with Gasteiger partial charge in [-0.3, -0.25) is 0 Å². The van der Waals surface area contributed by atoms with Crippen LogP contribution in [0, 0.1) is 11.8 Å². The predicted molar refractivity (Wildman–Crippen MR) is 74.3 cm³/mol. The Morgan fingerprint density at radius 3 is 2.47 bits per heavy atom. The lowest BCUT2D eigenvalue weighted by atomic mass is 9.73. The Morgan fingerprint density at radius 1 is 1.18 bits per heavy atom. The number of nitrogens with one attached hydrogen (secondary N) is 1. The van der Waals surface area contributed by atoms with Gasteiger partial charge >= 0.3 is 0 Å². The molecule has 17 heavy (non-hydrogen) atoms. The molecule has 0 bridgehead atoms. The van der Waals surface area contributed by atoms with Crippen molar-refractivity contribution in [1.29, 1.82) is 0 Å². The fourth-order valence-electron chi connectivity index (χ4n) is 3.48. The zero-order chi connectivity index (χ0) is 12.7. The summed E-state index contributed by atoms with van der Waals surface area (Å²) in [5.41, 5.74) is 0. The molecule has 0 radical (unpaired) electrons. The van der Waals surface area contributed by atoms with E-state index < -0.39 is 0 Å². The molecule has 1 aliphatic rings. The van der Waals surface area contributed by atoms with E-state index in [-0.39, 0.29) is 0 Å². The predicted octanol–water partition coefficient (Wildman–Crippen LogP) is 3.61. The molecule has 1 aliphatic carbocycles. The van der Waals surface area contributed by atoms with Gasteiger partial charge in [-0.15, -0.1) is 0 Å². The standard InChI is InChI=1S/C15H31NO/c1-5-13-10-8-9-11-14(13)15(16-6-2)12(4)17-7-3/h12-16H,5-11H2,1-4H3. The van der Waals surface area contributed by atoms with Gasteiger partial charge in [-0.1, -0.05) is 39.5 Å². The Kier molecular flexibility index (Phi) is 7.14. The SMILES string of the molecule is CCNC(C(C)OCC)C1CCCCC1CC. The smallest absolute Gasteiger partial charge is 0.0702 e. The van der Waals surface area contributed by atoms with E-state index in [4.69, 9.17) is 4.74 Å². The van der Waals surface area contributed by atoms with E-state index in [1.807, 2.05) is 0 Å². The van der Waals surface area contributed by atoms with Crippen LogP contribution in [-0.4, -0.2) is 25.3 Å². The van der Waals surface area contributed by atoms with Crippen LogP contribution in [0.3, 0.4) is 0 Å². The van der Waals surface area contributed by atoms with Crippen molar-refractivity contribution in [1.82, 2.24) is 5.32 Å². The summed E-state index contributed by atoms with van der Waals surface area (Å²) in [4.78, 5) is 0. The third-order valence-electron chi connectivity index (χ3n) is 4.33. The van der Waals surface area contributed by atoms with Crippen LogP contribution < -0.4 is 5.32 Å². The maximum atomic E-state index is 5.84. The molecule has 0 saturated heterocycles. The molecule has 2 nitrogen and oxygen atoms in total. The van der Waals surface area contributed by atoms with Gasteiger partial charge in [0.05, 0.1) is 6.10 Å². The van der Waals surface area contributed by atoms with E-state index in [0.29, 0.717) is 12.1 Å². The summed E-state index contributed by atoms with van der Waals surface area (Å²) in [5.74, 6) is 1.71. The van der Waals surface area contributed by atoms with Crippen LogP contribution in [0.2, 0.25) is 0 Å². The number of ether oxygens (including phenoxy) is 1. The Balaban J connectivity index is 2.65. The highest BCUT2D eigenvalue weighted by Crippen LogP contribution is 2.35. The van der Waals surface area contributed by atoms with Gasteiger partial charge in [-0.25, -0.2) is 0 Å². The van der Waals surface area contributed by atoms with Gasteiger partial charge in [0, 0.05) is 12.6 Å². The number of likely N-dealkylation sites (N-methyl/N-ethyl adjacent to an activating group) is 1. The second kappa shape index (κ2) is 8.10. The van der Waals surface area contributed by atoms with Crippen LogP contribution in [0.25, 0.3) is 0 Å². The lowest BCUT2D eigenvalue weighted by Crippen LogP contribution is -2.48. The highest BCUT2D eigenvalue weighted by molar-refractivity contribution is 4.88. The molecule has 4 unspecified atom stereocenters. The first-order valence-electron chi connectivity index (χ1n) is 7.59. The zero-order valence-electron chi connectivity index (χ0n) is 12.2. The van der Waals surface area contributed by atoms with Crippen LogP contribution in [0.1, 0.15) is 59.8 Å². The van der Waals surface area contributed by atoms with E-state index in [0.717, 1.165) is 25.0 Å². The summed E-state index contributed by atoms with van der Waals surface area (Å²) in [6.07, 6.45) is 7.30. The van der Waals surface area contributed by atoms with Crippen LogP contribution in [0.5, 0.6) is 0 Å². The fourth-order valence-corrected chi connectivity index (χ4v) is 3.48. The molecular formula is C15H31NO. The molecule has 102 valence electrons. The molecule has 1 saturated carbocycles. The van der Waals surface area contributed by atoms with Crippen molar-refractivity contribution in [2.75, 3.05) is 13.2 Å². The molecule has 1 rings (SSSR count). The van der Waals surface area contributed by atoms with E-state index >= 15 is 0 Å². The van der Waals surface area contributed by atoms with Crippen molar-refractivity contribution >= 4 is 0 Å². The minimum absolute atomic E-state index is 0.345. The highest BCUT2D eigenvalue weighted by atomic mass is 16.5. The summed E-state index contributed by atoms with van der Waals surface area (Å²) in [7, 11) is 0. The van der Waals surface area contributed by atoms with E-state index in [1.165, 1.54) is 32.1 Å². The summed E-state index contributed by atoms with van der Waals surface area (Å²) in [5, 5.41) is 3.68. The van der Waals surface area contributed by atoms with E-state index in [1.54, 1.807) is 0 Å². The van der Waals surface area contributed by atoms with E-state index in [2.05, 4.69) is 33.0 Å². The quantitative estimate of drug-likeness (QED) is 0.735. The Labute approximate surface area is 108 Å². The minimum atomic E-state index is 0.345. The first-order chi connectivity index (χ1) is 8.24. The first kappa shape index (κ1) is 15.0. The van der Waals surface area contributed by atoms with Crippen LogP contribution >= 0.6 is 0 Å². The summed E-state index contributed by atoms with van der Waals surface area (Å²) < 4.78 is 5.84. The second-order valence-corrected chi connectivity index (χ2v) is 5.36. The molecule has 1 fully saturated rings. The average molecular weight is 241 g/mol. The topological polar surface area (TPSA) is 21.3 Å². The lowest BCUT2D eigenvalue weighted by Gasteiger charge is -2.40. The average Bonchev–Trinajstić information content (AvgIpc) is 2.36. The van der Waals surface area contributed by atoms with Gasteiger partial charge in [0.1, 0.15) is 0 Å². The van der Waals surface area contributed by atoms with Crippen molar-refractivity contribution < 1.29 is 4.74 Å². The maximum absolute atomic E-state index is 5.84. The minimum Gasteiger partial charge on any atom is -0.377 e. The molecule has 0 heterocycles. The van der Waals surface area contributed by atoms with Gasteiger partial charge in [0.25, 0.3) is 0 Å². The first-order valence-corrected chi connectivity index (χ1v) is 7.59. The van der Waals surface area contributed by atoms with Crippen LogP contribution in [-0.2, 0) is 4.74 Å². The Hall–Kier alpha value is -0.0800. The highest BCUT2D eigenvalue weighted by Gasteiger charge is 2.33. The molecule has 0 spiro atoms. The molecule has 4 atom stereocenters. The largest absolute Gasteiger partial charge is 0.377 e. The third-order valence-corrected chi connectivity index (χ3v) is 4.33. The second-order valence-electron chi connectivity index (χ2n) is 5.36. The fraction of sp³-hybridized carbons (Fsp3) is 1.00. The third kappa shape index (κ3) is 4.26. The molecule has 0 aliphatic heterocycles. The zero-order valence-corrected chi connectivity index (χ0v) is 12.2. The molecule has 0 aromatic rings. The molecular weight excluding hydrogens is 210 g/mol. The normalized spacial score (nSPS) is 28.9. The van der Waals surface area contributed by atoms with Gasteiger partial charge < -0.3 is 10.1 Å². The van der Waals surface area contributed by atoms with Crippen LogP contribution in [0.4, 0.5) is 0 Å². The Morgan fingerprint density at radius 2 is 1.88 bits per heavy atom. The van der Waals surface area contributed by atoms with Crippen molar-refractivity contribution in [3.63, 3.8) is 0 Å². The lowest BCUT2D eigenvalue weighted by molar-refractivity contribution is 0.0108. The van der Waals surface area contributed by atoms with Gasteiger partial charge in [0.15, 0.2) is 0 Å². The molecule has 0 aromatic carbocycles. The van der Waals surface area contributed by atoms with Gasteiger partial charge in [-0.2, -0.15) is 0 Å². The van der Waals surface area contributed by atoms with Crippen molar-refractivity contribution in [2.24, 2.45) is 11.8 Å². The monoisotopic (exact) mass is 241 g/mol. The number of hydrogen-bond donors (Lipinski definition) is 1. The Bertz CT molecular complexity index is 195. The van der Waals surface area contributed by atoms with E-state index in [9.17, 15) is 0 Å². The van der Waals surface area contributed by atoms with Crippen molar-refractivity contribution in [3.8, 4) is 0 Å². The molecule has 1 N–H and O–H groups in total. The summed E-state index contributed by atoms with van der Waals surface area (Å²) in [6.45, 7) is 10.8.